The summed E-state index contributed by atoms with van der Waals surface area (Å²) in [5, 5.41) is 4.62. The smallest absolute Gasteiger partial charge is 0.256 e. The Hall–Kier alpha value is -3.52. The van der Waals surface area contributed by atoms with Crippen molar-refractivity contribution in [2.75, 3.05) is 13.1 Å². The topological polar surface area (TPSA) is 70.5 Å². The normalized spacial score (nSPS) is 22.5. The van der Waals surface area contributed by atoms with Gasteiger partial charge in [0.25, 0.3) is 5.91 Å². The van der Waals surface area contributed by atoms with Gasteiger partial charge >= 0.3 is 0 Å². The highest BCUT2D eigenvalue weighted by Gasteiger charge is 2.40. The Bertz CT molecular complexity index is 1490. The van der Waals surface area contributed by atoms with Crippen LogP contribution in [0.25, 0.3) is 22.2 Å². The van der Waals surface area contributed by atoms with Gasteiger partial charge in [-0.25, -0.2) is 4.39 Å². The number of piperidine rings is 2. The van der Waals surface area contributed by atoms with Crippen LogP contribution in [0.5, 0.6) is 0 Å². The van der Waals surface area contributed by atoms with E-state index in [-0.39, 0.29) is 29.9 Å². The van der Waals surface area contributed by atoms with E-state index >= 15 is 0 Å². The number of rotatable bonds is 6. The van der Waals surface area contributed by atoms with Crippen molar-refractivity contribution < 1.29 is 14.0 Å². The van der Waals surface area contributed by atoms with Crippen LogP contribution in [0.1, 0.15) is 75.7 Å². The van der Waals surface area contributed by atoms with Crippen molar-refractivity contribution in [1.29, 1.82) is 0 Å². The SMILES string of the molecule is CC(C)N(C(=O)c1cc(F)ccc1-n1cc(C2=CCN(C(=O)C3NC4CCC3CC4)CC2)c2ccncc21)C(C)C. The molecular weight excluding hydrogens is 517 g/mol. The number of amides is 2. The van der Waals surface area contributed by atoms with Gasteiger partial charge in [0.1, 0.15) is 5.82 Å². The Morgan fingerprint density at radius 3 is 2.46 bits per heavy atom. The first-order valence-electron chi connectivity index (χ1n) is 15.0. The zero-order chi connectivity index (χ0) is 28.8. The van der Waals surface area contributed by atoms with E-state index in [1.165, 1.54) is 30.5 Å². The molecule has 2 amide bonds. The summed E-state index contributed by atoms with van der Waals surface area (Å²) < 4.78 is 16.5. The third kappa shape index (κ3) is 5.07. The van der Waals surface area contributed by atoms with Crippen LogP contribution in [0, 0.1) is 11.7 Å². The van der Waals surface area contributed by atoms with Gasteiger partial charge in [-0.2, -0.15) is 0 Å². The number of nitrogens with zero attached hydrogens (tertiary/aromatic N) is 4. The summed E-state index contributed by atoms with van der Waals surface area (Å²) in [7, 11) is 0. The van der Waals surface area contributed by atoms with Gasteiger partial charge in [-0.3, -0.25) is 14.6 Å². The third-order valence-corrected chi connectivity index (χ3v) is 9.19. The zero-order valence-electron chi connectivity index (χ0n) is 24.4. The maximum atomic E-state index is 14.5. The highest BCUT2D eigenvalue weighted by molar-refractivity contribution is 6.00. The molecule has 0 spiro atoms. The molecule has 3 aliphatic heterocycles. The van der Waals surface area contributed by atoms with Crippen molar-refractivity contribution in [2.45, 2.75) is 84.0 Å². The number of benzene rings is 1. The van der Waals surface area contributed by atoms with Gasteiger partial charge in [0.2, 0.25) is 5.91 Å². The van der Waals surface area contributed by atoms with Crippen LogP contribution in [0.15, 0.2) is 48.9 Å². The fourth-order valence-electron chi connectivity index (χ4n) is 7.22. The van der Waals surface area contributed by atoms with Gasteiger partial charge in [-0.15, -0.1) is 0 Å². The van der Waals surface area contributed by atoms with E-state index in [9.17, 15) is 14.0 Å². The molecule has 1 N–H and O–H groups in total. The molecule has 7 nitrogen and oxygen atoms in total. The number of aromatic nitrogens is 2. The second-order valence-corrected chi connectivity index (χ2v) is 12.4. The molecule has 216 valence electrons. The minimum absolute atomic E-state index is 0.0331. The molecule has 8 heteroatoms. The summed E-state index contributed by atoms with van der Waals surface area (Å²) in [6, 6.07) is 6.78. The average Bonchev–Trinajstić information content (AvgIpc) is 3.36. The van der Waals surface area contributed by atoms with Crippen molar-refractivity contribution in [3.8, 4) is 5.69 Å². The molecule has 5 heterocycles. The van der Waals surface area contributed by atoms with E-state index in [2.05, 4.69) is 16.4 Å². The predicted molar refractivity (Wildman–Crippen MR) is 159 cm³/mol. The molecule has 2 saturated heterocycles. The molecule has 41 heavy (non-hydrogen) atoms. The molecule has 7 rings (SSSR count). The molecule has 1 aliphatic carbocycles. The summed E-state index contributed by atoms with van der Waals surface area (Å²) in [5.74, 6) is 0.0431. The molecule has 3 aromatic rings. The van der Waals surface area contributed by atoms with Crippen LogP contribution in [0.4, 0.5) is 4.39 Å². The van der Waals surface area contributed by atoms with E-state index in [0.717, 1.165) is 35.7 Å². The first-order valence-corrected chi connectivity index (χ1v) is 15.0. The fraction of sp³-hybridized carbons (Fsp3) is 0.485. The number of carbonyl (C=O) groups is 2. The number of nitrogens with one attached hydrogen (secondary N) is 1. The average molecular weight is 558 g/mol. The van der Waals surface area contributed by atoms with E-state index in [1.807, 2.05) is 49.4 Å². The van der Waals surface area contributed by atoms with Gasteiger partial charge in [0, 0.05) is 54.6 Å². The standard InChI is InChI=1S/C33H40FN5O2/c1-20(2)39(21(3)4)32(40)27-17-24(34)7-10-29(27)38-19-28(26-11-14-35-18-30(26)38)22-12-15-37(16-13-22)33(41)31-23-5-8-25(36-31)9-6-23/h7,10-12,14,17-21,23,25,31,36H,5-6,8-9,13,15-16H2,1-4H3. The summed E-state index contributed by atoms with van der Waals surface area (Å²) in [4.78, 5) is 35.3. The van der Waals surface area contributed by atoms with Crippen molar-refractivity contribution in [2.24, 2.45) is 5.92 Å². The molecule has 4 aliphatic rings. The van der Waals surface area contributed by atoms with Crippen LogP contribution >= 0.6 is 0 Å². The number of halogens is 1. The van der Waals surface area contributed by atoms with Crippen LogP contribution in [-0.2, 0) is 4.79 Å². The number of hydrogen-bond donors (Lipinski definition) is 1. The van der Waals surface area contributed by atoms with Crippen LogP contribution in [0.3, 0.4) is 0 Å². The fourth-order valence-corrected chi connectivity index (χ4v) is 7.22. The quantitative estimate of drug-likeness (QED) is 0.430. The number of hydrogen-bond acceptors (Lipinski definition) is 4. The van der Waals surface area contributed by atoms with Gasteiger partial charge in [-0.1, -0.05) is 6.08 Å². The van der Waals surface area contributed by atoms with Crippen molar-refractivity contribution >= 4 is 28.3 Å². The maximum Gasteiger partial charge on any atom is 0.256 e. The van der Waals surface area contributed by atoms with Crippen molar-refractivity contribution in [3.63, 3.8) is 0 Å². The van der Waals surface area contributed by atoms with Crippen molar-refractivity contribution in [1.82, 2.24) is 24.7 Å². The Morgan fingerprint density at radius 1 is 1.07 bits per heavy atom. The van der Waals surface area contributed by atoms with E-state index in [0.29, 0.717) is 36.3 Å². The Kier molecular flexibility index (Phi) is 7.45. The molecule has 1 unspecified atom stereocenters. The van der Waals surface area contributed by atoms with E-state index in [4.69, 9.17) is 0 Å². The van der Waals surface area contributed by atoms with Crippen LogP contribution in [0.2, 0.25) is 0 Å². The molecule has 2 aromatic heterocycles. The lowest BCUT2D eigenvalue weighted by Crippen LogP contribution is -2.59. The van der Waals surface area contributed by atoms with Crippen LogP contribution < -0.4 is 5.32 Å². The molecule has 0 radical (unpaired) electrons. The van der Waals surface area contributed by atoms with Gasteiger partial charge in [0.05, 0.1) is 29.0 Å². The number of carbonyl (C=O) groups excluding carboxylic acids is 2. The highest BCUT2D eigenvalue weighted by atomic mass is 19.1. The molecule has 1 saturated carbocycles. The Morgan fingerprint density at radius 2 is 1.83 bits per heavy atom. The van der Waals surface area contributed by atoms with Crippen molar-refractivity contribution in [3.05, 3.63) is 65.9 Å². The molecule has 3 fully saturated rings. The third-order valence-electron chi connectivity index (χ3n) is 9.19. The molecule has 2 bridgehead atoms. The Balaban J connectivity index is 1.33. The van der Waals surface area contributed by atoms with Crippen LogP contribution in [-0.4, -0.2) is 68.4 Å². The largest absolute Gasteiger partial charge is 0.337 e. The molecule has 1 atom stereocenters. The minimum atomic E-state index is -0.445. The van der Waals surface area contributed by atoms with Gasteiger partial charge in [-0.05, 0) is 95.6 Å². The second kappa shape index (κ2) is 11.0. The lowest BCUT2D eigenvalue weighted by molar-refractivity contribution is -0.136. The van der Waals surface area contributed by atoms with Gasteiger partial charge in [0.15, 0.2) is 0 Å². The van der Waals surface area contributed by atoms with E-state index in [1.54, 1.807) is 23.4 Å². The minimum Gasteiger partial charge on any atom is -0.337 e. The molecular formula is C33H40FN5O2. The van der Waals surface area contributed by atoms with E-state index < -0.39 is 5.82 Å². The Labute approximate surface area is 241 Å². The first-order chi connectivity index (χ1) is 19.7. The summed E-state index contributed by atoms with van der Waals surface area (Å²) in [6.45, 7) is 9.16. The monoisotopic (exact) mass is 557 g/mol. The van der Waals surface area contributed by atoms with Gasteiger partial charge < -0.3 is 19.7 Å². The molecule has 1 aromatic carbocycles. The zero-order valence-corrected chi connectivity index (χ0v) is 24.4. The number of pyridine rings is 1. The second-order valence-electron chi connectivity index (χ2n) is 12.4. The highest BCUT2D eigenvalue weighted by Crippen LogP contribution is 2.36. The summed E-state index contributed by atoms with van der Waals surface area (Å²) in [6.07, 6.45) is 13.2. The summed E-state index contributed by atoms with van der Waals surface area (Å²) >= 11 is 0. The summed E-state index contributed by atoms with van der Waals surface area (Å²) in [5.41, 5.74) is 4.02. The maximum absolute atomic E-state index is 14.5. The lowest BCUT2D eigenvalue weighted by atomic mass is 9.76. The first kappa shape index (κ1) is 27.6. The lowest BCUT2D eigenvalue weighted by Gasteiger charge is -2.44. The number of fused-ring (bicyclic) bond motifs is 4. The predicted octanol–water partition coefficient (Wildman–Crippen LogP) is 5.57.